The molecular weight excluding hydrogens is 222 g/mol. The van der Waals surface area contributed by atoms with Crippen molar-refractivity contribution < 1.29 is 4.79 Å². The highest BCUT2D eigenvalue weighted by Gasteiger charge is 2.37. The van der Waals surface area contributed by atoms with Gasteiger partial charge in [0.2, 0.25) is 0 Å². The molecule has 1 aromatic rings. The lowest BCUT2D eigenvalue weighted by molar-refractivity contribution is 0.0886. The zero-order valence-electron chi connectivity index (χ0n) is 11.5. The van der Waals surface area contributed by atoms with Crippen molar-refractivity contribution in [2.24, 2.45) is 5.92 Å². The second kappa shape index (κ2) is 4.20. The molecule has 1 aliphatic carbocycles. The van der Waals surface area contributed by atoms with E-state index in [4.69, 9.17) is 0 Å². The first-order valence-electron chi connectivity index (χ1n) is 6.89. The normalized spacial score (nSPS) is 27.8. The molecule has 1 aliphatic heterocycles. The number of benzene rings is 1. The third-order valence-corrected chi connectivity index (χ3v) is 4.60. The molecule has 0 amide bonds. The number of hydrogen-bond acceptors (Lipinski definition) is 2. The number of piperidine rings is 1. The number of Topliss-reactive ketones (excluding diaryl/α,β-unsaturated/α-hetero) is 1. The Bertz CT molecular complexity index is 506. The Morgan fingerprint density at radius 3 is 2.83 bits per heavy atom. The van der Waals surface area contributed by atoms with Crippen molar-refractivity contribution in [1.29, 1.82) is 0 Å². The van der Waals surface area contributed by atoms with Gasteiger partial charge < -0.3 is 4.90 Å². The minimum atomic E-state index is 0.369. The number of rotatable bonds is 0. The number of aryl methyl sites for hydroxylation is 2. The van der Waals surface area contributed by atoms with Gasteiger partial charge in [-0.15, -0.1) is 0 Å². The first kappa shape index (κ1) is 11.9. The molecule has 1 aromatic carbocycles. The fraction of sp³-hybridized carbons (Fsp3) is 0.562. The van der Waals surface area contributed by atoms with Gasteiger partial charge in [0.15, 0.2) is 5.78 Å². The molecule has 2 nitrogen and oxygen atoms in total. The maximum Gasteiger partial charge on any atom is 0.163 e. The molecule has 0 spiro atoms. The van der Waals surface area contributed by atoms with Crippen LogP contribution in [0.2, 0.25) is 0 Å². The number of likely N-dealkylation sites (tertiary alicyclic amines) is 1. The predicted molar refractivity (Wildman–Crippen MR) is 73.2 cm³/mol. The van der Waals surface area contributed by atoms with Gasteiger partial charge in [-0.05, 0) is 50.9 Å². The first-order valence-corrected chi connectivity index (χ1v) is 6.89. The van der Waals surface area contributed by atoms with Crippen LogP contribution in [-0.2, 0) is 0 Å². The smallest absolute Gasteiger partial charge is 0.163 e. The summed E-state index contributed by atoms with van der Waals surface area (Å²) in [5, 5.41) is 0. The fourth-order valence-corrected chi connectivity index (χ4v) is 3.77. The standard InChI is InChI=1S/C16H21NO/c1-10-6-11(2)16-13(7-10)14-9-17(3)5-4-12(14)8-15(16)18/h6-7,12,14H,4-5,8-9H2,1-3H3/t12-,14-/m0/s1. The van der Waals surface area contributed by atoms with Crippen molar-refractivity contribution >= 4 is 5.78 Å². The number of nitrogens with zero attached hydrogens (tertiary/aromatic N) is 1. The van der Waals surface area contributed by atoms with Crippen molar-refractivity contribution in [2.45, 2.75) is 32.6 Å². The Morgan fingerprint density at radius 2 is 2.06 bits per heavy atom. The zero-order chi connectivity index (χ0) is 12.9. The first-order chi connectivity index (χ1) is 8.56. The van der Waals surface area contributed by atoms with Crippen LogP contribution in [0.15, 0.2) is 12.1 Å². The largest absolute Gasteiger partial charge is 0.306 e. The number of fused-ring (bicyclic) bond motifs is 3. The summed E-state index contributed by atoms with van der Waals surface area (Å²) in [6.07, 6.45) is 1.93. The van der Waals surface area contributed by atoms with E-state index in [9.17, 15) is 4.79 Å². The maximum atomic E-state index is 12.3. The molecule has 3 rings (SSSR count). The summed E-state index contributed by atoms with van der Waals surface area (Å²) in [7, 11) is 2.19. The van der Waals surface area contributed by atoms with Crippen LogP contribution in [0.5, 0.6) is 0 Å². The molecule has 0 bridgehead atoms. The molecule has 18 heavy (non-hydrogen) atoms. The molecule has 1 heterocycles. The Balaban J connectivity index is 2.12. The third kappa shape index (κ3) is 1.79. The average Bonchev–Trinajstić information content (AvgIpc) is 2.29. The van der Waals surface area contributed by atoms with Gasteiger partial charge in [0.1, 0.15) is 0 Å². The van der Waals surface area contributed by atoms with Gasteiger partial charge in [-0.1, -0.05) is 17.7 Å². The van der Waals surface area contributed by atoms with Gasteiger partial charge in [0.05, 0.1) is 0 Å². The van der Waals surface area contributed by atoms with Gasteiger partial charge >= 0.3 is 0 Å². The van der Waals surface area contributed by atoms with Gasteiger partial charge in [-0.2, -0.15) is 0 Å². The van der Waals surface area contributed by atoms with Crippen LogP contribution < -0.4 is 0 Å². The number of likely N-dealkylation sites (N-methyl/N-ethyl adjacent to an activating group) is 1. The lowest BCUT2D eigenvalue weighted by Gasteiger charge is -2.41. The zero-order valence-corrected chi connectivity index (χ0v) is 11.5. The summed E-state index contributed by atoms with van der Waals surface area (Å²) in [4.78, 5) is 14.7. The molecule has 0 saturated carbocycles. The van der Waals surface area contributed by atoms with E-state index in [-0.39, 0.29) is 0 Å². The Morgan fingerprint density at radius 1 is 1.28 bits per heavy atom. The van der Waals surface area contributed by atoms with E-state index in [1.807, 2.05) is 0 Å². The van der Waals surface area contributed by atoms with Gasteiger partial charge in [0.25, 0.3) is 0 Å². The van der Waals surface area contributed by atoms with Crippen LogP contribution in [-0.4, -0.2) is 30.8 Å². The molecular formula is C16H21NO. The van der Waals surface area contributed by atoms with Crippen LogP contribution >= 0.6 is 0 Å². The monoisotopic (exact) mass is 243 g/mol. The second-order valence-corrected chi connectivity index (χ2v) is 6.09. The highest BCUT2D eigenvalue weighted by atomic mass is 16.1. The molecule has 2 heteroatoms. The van der Waals surface area contributed by atoms with E-state index in [0.29, 0.717) is 17.6 Å². The molecule has 1 saturated heterocycles. The van der Waals surface area contributed by atoms with Crippen LogP contribution in [0.4, 0.5) is 0 Å². The van der Waals surface area contributed by atoms with E-state index >= 15 is 0 Å². The van der Waals surface area contributed by atoms with E-state index < -0.39 is 0 Å². The van der Waals surface area contributed by atoms with Crippen LogP contribution in [0, 0.1) is 19.8 Å². The maximum absolute atomic E-state index is 12.3. The molecule has 2 atom stereocenters. The minimum Gasteiger partial charge on any atom is -0.306 e. The molecule has 0 aromatic heterocycles. The van der Waals surface area contributed by atoms with Crippen LogP contribution in [0.1, 0.15) is 45.8 Å². The minimum absolute atomic E-state index is 0.369. The summed E-state index contributed by atoms with van der Waals surface area (Å²) in [5.41, 5.74) is 4.80. The number of hydrogen-bond donors (Lipinski definition) is 0. The van der Waals surface area contributed by atoms with Crippen LogP contribution in [0.3, 0.4) is 0 Å². The summed E-state index contributed by atoms with van der Waals surface area (Å²) in [5.74, 6) is 1.51. The lowest BCUT2D eigenvalue weighted by atomic mass is 9.70. The summed E-state index contributed by atoms with van der Waals surface area (Å²) in [6.45, 7) is 6.45. The summed E-state index contributed by atoms with van der Waals surface area (Å²) < 4.78 is 0. The predicted octanol–water partition coefficient (Wildman–Crippen LogP) is 2.93. The Hall–Kier alpha value is -1.15. The third-order valence-electron chi connectivity index (χ3n) is 4.60. The number of carbonyl (C=O) groups is 1. The Kier molecular flexibility index (Phi) is 2.78. The van der Waals surface area contributed by atoms with E-state index in [2.05, 4.69) is 37.9 Å². The molecule has 0 radical (unpaired) electrons. The van der Waals surface area contributed by atoms with Crippen molar-refractivity contribution in [3.05, 3.63) is 34.4 Å². The molecule has 2 aliphatic rings. The van der Waals surface area contributed by atoms with E-state index in [0.717, 1.165) is 25.1 Å². The molecule has 1 fully saturated rings. The highest BCUT2D eigenvalue weighted by Crippen LogP contribution is 2.42. The van der Waals surface area contributed by atoms with Crippen molar-refractivity contribution in [2.75, 3.05) is 20.1 Å². The highest BCUT2D eigenvalue weighted by molar-refractivity contribution is 6.00. The summed E-state index contributed by atoms with van der Waals surface area (Å²) in [6, 6.07) is 4.39. The van der Waals surface area contributed by atoms with Gasteiger partial charge in [0, 0.05) is 24.4 Å². The topological polar surface area (TPSA) is 20.3 Å². The SMILES string of the molecule is Cc1cc(C)c2c(c1)[C@H]1CN(C)CC[C@H]1CC2=O. The molecule has 0 unspecified atom stereocenters. The second-order valence-electron chi connectivity index (χ2n) is 6.09. The van der Waals surface area contributed by atoms with Crippen molar-refractivity contribution in [1.82, 2.24) is 4.90 Å². The van der Waals surface area contributed by atoms with Crippen molar-refractivity contribution in [3.63, 3.8) is 0 Å². The average molecular weight is 243 g/mol. The number of ketones is 1. The van der Waals surface area contributed by atoms with Crippen LogP contribution in [0.25, 0.3) is 0 Å². The van der Waals surface area contributed by atoms with Gasteiger partial charge in [-0.25, -0.2) is 0 Å². The lowest BCUT2D eigenvalue weighted by Crippen LogP contribution is -2.40. The summed E-state index contributed by atoms with van der Waals surface area (Å²) >= 11 is 0. The van der Waals surface area contributed by atoms with Gasteiger partial charge in [-0.3, -0.25) is 4.79 Å². The van der Waals surface area contributed by atoms with Crippen molar-refractivity contribution in [3.8, 4) is 0 Å². The van der Waals surface area contributed by atoms with E-state index in [1.165, 1.54) is 23.1 Å². The molecule has 0 N–H and O–H groups in total. The molecule has 96 valence electrons. The Labute approximate surface area is 109 Å². The number of carbonyl (C=O) groups excluding carboxylic acids is 1. The quantitative estimate of drug-likeness (QED) is 0.698. The fourth-order valence-electron chi connectivity index (χ4n) is 3.77. The van der Waals surface area contributed by atoms with E-state index in [1.54, 1.807) is 0 Å².